The largest absolute Gasteiger partial charge is 0.496 e. The summed E-state index contributed by atoms with van der Waals surface area (Å²) in [6.45, 7) is 2.12. The molecule has 0 amide bonds. The Kier molecular flexibility index (Phi) is 4.98. The van der Waals surface area contributed by atoms with Gasteiger partial charge in [-0.1, -0.05) is 36.4 Å². The van der Waals surface area contributed by atoms with Crippen LogP contribution in [0.5, 0.6) is 5.75 Å². The first-order valence-electron chi connectivity index (χ1n) is 6.72. The fourth-order valence-corrected chi connectivity index (χ4v) is 3.44. The van der Waals surface area contributed by atoms with Crippen LogP contribution in [0.15, 0.2) is 53.4 Å². The molecule has 0 aliphatic rings. The SMILES string of the molecule is COc1ccccc1CCNS(=O)(=O)c1ccccc1C. The molecule has 0 aromatic heterocycles. The highest BCUT2D eigenvalue weighted by Crippen LogP contribution is 2.18. The van der Waals surface area contributed by atoms with E-state index in [4.69, 9.17) is 4.74 Å². The van der Waals surface area contributed by atoms with Crippen LogP contribution in [-0.4, -0.2) is 22.1 Å². The van der Waals surface area contributed by atoms with Crippen molar-refractivity contribution in [2.75, 3.05) is 13.7 Å². The molecule has 0 radical (unpaired) electrons. The Balaban J connectivity index is 2.05. The van der Waals surface area contributed by atoms with Crippen LogP contribution in [0.2, 0.25) is 0 Å². The molecule has 0 spiro atoms. The molecule has 0 unspecified atom stereocenters. The van der Waals surface area contributed by atoms with Crippen molar-refractivity contribution in [3.05, 3.63) is 59.7 Å². The zero-order valence-electron chi connectivity index (χ0n) is 12.2. The average Bonchev–Trinajstić information content (AvgIpc) is 2.48. The molecule has 0 fully saturated rings. The van der Waals surface area contributed by atoms with Crippen molar-refractivity contribution in [3.63, 3.8) is 0 Å². The van der Waals surface area contributed by atoms with Gasteiger partial charge in [-0.3, -0.25) is 0 Å². The number of methoxy groups -OCH3 is 1. The van der Waals surface area contributed by atoms with E-state index in [1.165, 1.54) is 0 Å². The molecule has 0 bridgehead atoms. The second-order valence-corrected chi connectivity index (χ2v) is 6.46. The lowest BCUT2D eigenvalue weighted by molar-refractivity contribution is 0.409. The zero-order valence-corrected chi connectivity index (χ0v) is 13.0. The molecule has 0 saturated heterocycles. The van der Waals surface area contributed by atoms with Crippen LogP contribution in [0.3, 0.4) is 0 Å². The van der Waals surface area contributed by atoms with E-state index < -0.39 is 10.0 Å². The van der Waals surface area contributed by atoms with E-state index in [1.54, 1.807) is 32.2 Å². The van der Waals surface area contributed by atoms with Crippen LogP contribution in [0, 0.1) is 6.92 Å². The van der Waals surface area contributed by atoms with E-state index in [1.807, 2.05) is 30.3 Å². The summed E-state index contributed by atoms with van der Waals surface area (Å²) in [5, 5.41) is 0. The Morgan fingerprint density at radius 3 is 2.43 bits per heavy atom. The molecule has 2 rings (SSSR count). The van der Waals surface area contributed by atoms with Crippen molar-refractivity contribution < 1.29 is 13.2 Å². The molecule has 2 aromatic rings. The molecule has 4 nitrogen and oxygen atoms in total. The van der Waals surface area contributed by atoms with Gasteiger partial charge in [-0.15, -0.1) is 0 Å². The van der Waals surface area contributed by atoms with Crippen molar-refractivity contribution in [1.82, 2.24) is 4.72 Å². The summed E-state index contributed by atoms with van der Waals surface area (Å²) in [6.07, 6.45) is 0.578. The van der Waals surface area contributed by atoms with Gasteiger partial charge in [0.1, 0.15) is 5.75 Å². The monoisotopic (exact) mass is 305 g/mol. The Morgan fingerprint density at radius 1 is 1.05 bits per heavy atom. The second-order valence-electron chi connectivity index (χ2n) is 4.73. The van der Waals surface area contributed by atoms with Gasteiger partial charge in [0, 0.05) is 6.54 Å². The molecule has 112 valence electrons. The number of ether oxygens (including phenoxy) is 1. The number of hydrogen-bond acceptors (Lipinski definition) is 3. The fraction of sp³-hybridized carbons (Fsp3) is 0.250. The smallest absolute Gasteiger partial charge is 0.240 e. The summed E-state index contributed by atoms with van der Waals surface area (Å²) >= 11 is 0. The Morgan fingerprint density at radius 2 is 1.71 bits per heavy atom. The standard InChI is InChI=1S/C16H19NO3S/c1-13-7-3-6-10-16(13)21(18,19)17-12-11-14-8-4-5-9-15(14)20-2/h3-10,17H,11-12H2,1-2H3. The van der Waals surface area contributed by atoms with Crippen LogP contribution in [0.25, 0.3) is 0 Å². The third-order valence-corrected chi connectivity index (χ3v) is 4.88. The van der Waals surface area contributed by atoms with Gasteiger partial charge in [0.15, 0.2) is 0 Å². The zero-order chi connectivity index (χ0) is 15.3. The van der Waals surface area contributed by atoms with Crippen LogP contribution in [0.4, 0.5) is 0 Å². The van der Waals surface area contributed by atoms with Crippen LogP contribution in [0.1, 0.15) is 11.1 Å². The summed E-state index contributed by atoms with van der Waals surface area (Å²) in [5.41, 5.74) is 1.72. The normalized spacial score (nSPS) is 11.3. The molecule has 0 aliphatic heterocycles. The van der Waals surface area contributed by atoms with E-state index in [2.05, 4.69) is 4.72 Å². The number of para-hydroxylation sites is 1. The highest BCUT2D eigenvalue weighted by atomic mass is 32.2. The molecule has 0 atom stereocenters. The number of benzene rings is 2. The van der Waals surface area contributed by atoms with Gasteiger partial charge in [0.05, 0.1) is 12.0 Å². The van der Waals surface area contributed by atoms with E-state index in [9.17, 15) is 8.42 Å². The maximum absolute atomic E-state index is 12.3. The molecule has 2 aromatic carbocycles. The van der Waals surface area contributed by atoms with E-state index >= 15 is 0 Å². The summed E-state index contributed by atoms with van der Waals surface area (Å²) < 4.78 is 32.4. The lowest BCUT2D eigenvalue weighted by atomic mass is 10.1. The Hall–Kier alpha value is -1.85. The topological polar surface area (TPSA) is 55.4 Å². The maximum atomic E-state index is 12.3. The lowest BCUT2D eigenvalue weighted by Gasteiger charge is -2.11. The minimum atomic E-state index is -3.47. The molecule has 5 heteroatoms. The van der Waals surface area contributed by atoms with Crippen molar-refractivity contribution in [3.8, 4) is 5.75 Å². The van der Waals surface area contributed by atoms with Gasteiger partial charge >= 0.3 is 0 Å². The molecule has 21 heavy (non-hydrogen) atoms. The van der Waals surface area contributed by atoms with Gasteiger partial charge < -0.3 is 4.74 Å². The van der Waals surface area contributed by atoms with E-state index in [-0.39, 0.29) is 0 Å². The highest BCUT2D eigenvalue weighted by molar-refractivity contribution is 7.89. The van der Waals surface area contributed by atoms with Crippen LogP contribution >= 0.6 is 0 Å². The molecule has 1 N–H and O–H groups in total. The van der Waals surface area contributed by atoms with Crippen molar-refractivity contribution in [2.45, 2.75) is 18.2 Å². The van der Waals surface area contributed by atoms with Gasteiger partial charge in [0.2, 0.25) is 10.0 Å². The molecule has 0 saturated carbocycles. The second kappa shape index (κ2) is 6.74. The van der Waals surface area contributed by atoms with Gasteiger partial charge in [-0.05, 0) is 36.6 Å². The first-order chi connectivity index (χ1) is 10.0. The molecule has 0 heterocycles. The predicted molar refractivity (Wildman–Crippen MR) is 83.1 cm³/mol. The van der Waals surface area contributed by atoms with Crippen LogP contribution < -0.4 is 9.46 Å². The number of sulfonamides is 1. The van der Waals surface area contributed by atoms with Crippen molar-refractivity contribution in [2.24, 2.45) is 0 Å². The lowest BCUT2D eigenvalue weighted by Crippen LogP contribution is -2.26. The van der Waals surface area contributed by atoms with Gasteiger partial charge in [-0.25, -0.2) is 13.1 Å². The maximum Gasteiger partial charge on any atom is 0.240 e. The van der Waals surface area contributed by atoms with E-state index in [0.717, 1.165) is 16.9 Å². The third kappa shape index (κ3) is 3.83. The van der Waals surface area contributed by atoms with Crippen molar-refractivity contribution in [1.29, 1.82) is 0 Å². The molecular weight excluding hydrogens is 286 g/mol. The minimum absolute atomic E-state index is 0.324. The highest BCUT2D eigenvalue weighted by Gasteiger charge is 2.15. The summed E-state index contributed by atoms with van der Waals surface area (Å²) in [5.74, 6) is 0.771. The number of nitrogens with one attached hydrogen (secondary N) is 1. The van der Waals surface area contributed by atoms with Gasteiger partial charge in [-0.2, -0.15) is 0 Å². The quantitative estimate of drug-likeness (QED) is 0.892. The Bertz CT molecular complexity index is 711. The van der Waals surface area contributed by atoms with Crippen molar-refractivity contribution >= 4 is 10.0 Å². The minimum Gasteiger partial charge on any atom is -0.496 e. The first kappa shape index (κ1) is 15.5. The van der Waals surface area contributed by atoms with Gasteiger partial charge in [0.25, 0.3) is 0 Å². The first-order valence-corrected chi connectivity index (χ1v) is 8.20. The summed E-state index contributed by atoms with van der Waals surface area (Å²) in [4.78, 5) is 0.324. The number of hydrogen-bond donors (Lipinski definition) is 1. The number of aryl methyl sites for hydroxylation is 1. The van der Waals surface area contributed by atoms with E-state index in [0.29, 0.717) is 17.9 Å². The molecule has 0 aliphatic carbocycles. The average molecular weight is 305 g/mol. The summed E-state index contributed by atoms with van der Waals surface area (Å²) in [6, 6.07) is 14.5. The summed E-state index contributed by atoms with van der Waals surface area (Å²) in [7, 11) is -1.86. The molecular formula is C16H19NO3S. The third-order valence-electron chi connectivity index (χ3n) is 3.26. The number of rotatable bonds is 6. The van der Waals surface area contributed by atoms with Crippen LogP contribution in [-0.2, 0) is 16.4 Å². The Labute approximate surface area is 125 Å². The predicted octanol–water partition coefficient (Wildman–Crippen LogP) is 2.52. The fourth-order valence-electron chi connectivity index (χ4n) is 2.17.